The molecule has 2 aliphatic heterocycles. The SMILES string of the molecule is CS(=O)(=O)OC1CCN(C(=O)CNC(=O)c2ccc(Cl)c(Cl)c2)C1.FC(F)(F)C1CCCNC1. The highest BCUT2D eigenvalue weighted by atomic mass is 35.5. The number of carbonyl (C=O) groups excluding carboxylic acids is 2. The summed E-state index contributed by atoms with van der Waals surface area (Å²) in [5.74, 6) is -1.88. The molecule has 2 aliphatic rings. The Hall–Kier alpha value is -1.60. The van der Waals surface area contributed by atoms with E-state index in [1.165, 1.54) is 23.1 Å². The zero-order valence-electron chi connectivity index (χ0n) is 18.3. The van der Waals surface area contributed by atoms with Crippen LogP contribution in [0.15, 0.2) is 18.2 Å². The van der Waals surface area contributed by atoms with E-state index in [-0.39, 0.29) is 42.5 Å². The van der Waals surface area contributed by atoms with Crippen LogP contribution in [0.2, 0.25) is 10.0 Å². The maximum absolute atomic E-state index is 12.1. The van der Waals surface area contributed by atoms with E-state index in [9.17, 15) is 31.2 Å². The number of nitrogens with one attached hydrogen (secondary N) is 2. The molecule has 2 saturated heterocycles. The van der Waals surface area contributed by atoms with Gasteiger partial charge in [-0.05, 0) is 44.0 Å². The quantitative estimate of drug-likeness (QED) is 0.549. The van der Waals surface area contributed by atoms with Crippen molar-refractivity contribution in [3.8, 4) is 0 Å². The van der Waals surface area contributed by atoms with Crippen LogP contribution in [-0.4, -0.2) is 76.4 Å². The predicted molar refractivity (Wildman–Crippen MR) is 121 cm³/mol. The average Bonchev–Trinajstić information content (AvgIpc) is 3.21. The molecule has 2 N–H and O–H groups in total. The normalized spacial score (nSPS) is 20.9. The number of amides is 2. The van der Waals surface area contributed by atoms with E-state index in [2.05, 4.69) is 10.6 Å². The molecule has 2 fully saturated rings. The summed E-state index contributed by atoms with van der Waals surface area (Å²) in [7, 11) is -3.56. The van der Waals surface area contributed by atoms with Crippen molar-refractivity contribution in [1.82, 2.24) is 15.5 Å². The molecule has 0 aliphatic carbocycles. The van der Waals surface area contributed by atoms with Gasteiger partial charge in [0.1, 0.15) is 0 Å². The average molecular weight is 548 g/mol. The second-order valence-corrected chi connectivity index (χ2v) is 10.4. The topological polar surface area (TPSA) is 105 Å². The first-order chi connectivity index (χ1) is 15.8. The van der Waals surface area contributed by atoms with E-state index in [1.807, 2.05) is 0 Å². The van der Waals surface area contributed by atoms with Gasteiger partial charge < -0.3 is 15.5 Å². The highest BCUT2D eigenvalue weighted by Gasteiger charge is 2.39. The summed E-state index contributed by atoms with van der Waals surface area (Å²) >= 11 is 11.6. The minimum absolute atomic E-state index is 0.101. The fourth-order valence-corrected chi connectivity index (χ4v) is 4.37. The van der Waals surface area contributed by atoms with E-state index in [0.29, 0.717) is 24.4 Å². The first kappa shape index (κ1) is 28.6. The lowest BCUT2D eigenvalue weighted by Gasteiger charge is -2.24. The van der Waals surface area contributed by atoms with Crippen molar-refractivity contribution in [1.29, 1.82) is 0 Å². The highest BCUT2D eigenvalue weighted by Crippen LogP contribution is 2.30. The second kappa shape index (κ2) is 12.4. The standard InChI is InChI=1S/C14H16Cl2N2O5S.C6H10F3N/c1-24(21,22)23-10-4-5-18(8-10)13(19)7-17-14(20)9-2-3-11(15)12(16)6-9;7-6(8,9)5-2-1-3-10-4-5/h2-3,6,10H,4-5,7-8H2,1H3,(H,17,20);5,10H,1-4H2. The first-order valence-corrected chi connectivity index (χ1v) is 13.0. The molecule has 0 saturated carbocycles. The number of hydrogen-bond donors (Lipinski definition) is 2. The van der Waals surface area contributed by atoms with Gasteiger partial charge in [-0.3, -0.25) is 13.8 Å². The van der Waals surface area contributed by atoms with Crippen LogP contribution in [-0.2, 0) is 19.1 Å². The summed E-state index contributed by atoms with van der Waals surface area (Å²) in [5.41, 5.74) is 0.289. The van der Waals surface area contributed by atoms with Crippen LogP contribution in [0.4, 0.5) is 13.2 Å². The van der Waals surface area contributed by atoms with E-state index in [4.69, 9.17) is 27.4 Å². The lowest BCUT2D eigenvalue weighted by atomic mass is 9.99. The van der Waals surface area contributed by atoms with Crippen molar-refractivity contribution in [2.45, 2.75) is 31.5 Å². The maximum Gasteiger partial charge on any atom is 0.393 e. The number of halogens is 5. The minimum atomic E-state index is -3.99. The summed E-state index contributed by atoms with van der Waals surface area (Å²) < 4.78 is 62.7. The van der Waals surface area contributed by atoms with Gasteiger partial charge in [-0.2, -0.15) is 21.6 Å². The molecule has 2 atom stereocenters. The number of likely N-dealkylation sites (tertiary alicyclic amines) is 1. The maximum atomic E-state index is 12.1. The van der Waals surface area contributed by atoms with Crippen LogP contribution in [0.1, 0.15) is 29.6 Å². The second-order valence-electron chi connectivity index (χ2n) is 7.95. The van der Waals surface area contributed by atoms with E-state index in [1.54, 1.807) is 0 Å². The Morgan fingerprint density at radius 2 is 1.94 bits per heavy atom. The van der Waals surface area contributed by atoms with Crippen molar-refractivity contribution < 1.29 is 35.4 Å². The Morgan fingerprint density at radius 3 is 2.47 bits per heavy atom. The van der Waals surface area contributed by atoms with E-state index < -0.39 is 34.2 Å². The molecule has 0 spiro atoms. The highest BCUT2D eigenvalue weighted by molar-refractivity contribution is 7.86. The number of benzene rings is 1. The lowest BCUT2D eigenvalue weighted by Crippen LogP contribution is -2.39. The zero-order valence-corrected chi connectivity index (χ0v) is 20.7. The molecular weight excluding hydrogens is 522 g/mol. The summed E-state index contributed by atoms with van der Waals surface area (Å²) in [4.78, 5) is 25.5. The minimum Gasteiger partial charge on any atom is -0.343 e. The fourth-order valence-electron chi connectivity index (χ4n) is 3.42. The molecule has 8 nitrogen and oxygen atoms in total. The number of piperidine rings is 1. The molecule has 0 radical (unpaired) electrons. The van der Waals surface area contributed by atoms with Gasteiger partial charge in [0.05, 0.1) is 34.9 Å². The Labute approximate surface area is 206 Å². The van der Waals surface area contributed by atoms with E-state index >= 15 is 0 Å². The molecule has 1 aromatic carbocycles. The van der Waals surface area contributed by atoms with Crippen LogP contribution in [0, 0.1) is 5.92 Å². The summed E-state index contributed by atoms with van der Waals surface area (Å²) in [6.45, 7) is 1.18. The fraction of sp³-hybridized carbons (Fsp3) is 0.600. The van der Waals surface area contributed by atoms with Crippen molar-refractivity contribution in [2.24, 2.45) is 5.92 Å². The molecular formula is C20H26Cl2F3N3O5S. The molecule has 14 heteroatoms. The number of rotatable bonds is 5. The number of carbonyl (C=O) groups is 2. The molecule has 2 amide bonds. The molecule has 0 aromatic heterocycles. The van der Waals surface area contributed by atoms with Gasteiger partial charge in [0, 0.05) is 25.2 Å². The van der Waals surface area contributed by atoms with Crippen LogP contribution in [0.3, 0.4) is 0 Å². The monoisotopic (exact) mass is 547 g/mol. The van der Waals surface area contributed by atoms with Crippen LogP contribution in [0.5, 0.6) is 0 Å². The lowest BCUT2D eigenvalue weighted by molar-refractivity contribution is -0.177. The summed E-state index contributed by atoms with van der Waals surface area (Å²) in [5, 5.41) is 5.79. The zero-order chi connectivity index (χ0) is 25.5. The molecule has 0 bridgehead atoms. The van der Waals surface area contributed by atoms with Crippen LogP contribution >= 0.6 is 23.2 Å². The van der Waals surface area contributed by atoms with Gasteiger partial charge in [0.2, 0.25) is 5.91 Å². The largest absolute Gasteiger partial charge is 0.393 e. The van der Waals surface area contributed by atoms with Gasteiger partial charge in [-0.1, -0.05) is 23.2 Å². The summed E-state index contributed by atoms with van der Waals surface area (Å²) in [6, 6.07) is 4.41. The predicted octanol–water partition coefficient (Wildman–Crippen LogP) is 2.85. The van der Waals surface area contributed by atoms with Gasteiger partial charge in [0.15, 0.2) is 0 Å². The van der Waals surface area contributed by atoms with Crippen LogP contribution in [0.25, 0.3) is 0 Å². The molecule has 34 heavy (non-hydrogen) atoms. The Morgan fingerprint density at radius 1 is 1.24 bits per heavy atom. The van der Waals surface area contributed by atoms with Crippen molar-refractivity contribution in [3.63, 3.8) is 0 Å². The Kier molecular flexibility index (Phi) is 10.4. The third-order valence-electron chi connectivity index (χ3n) is 5.15. The van der Waals surface area contributed by atoms with Crippen molar-refractivity contribution in [3.05, 3.63) is 33.8 Å². The molecule has 2 unspecified atom stereocenters. The number of alkyl halides is 3. The van der Waals surface area contributed by atoms with Crippen LogP contribution < -0.4 is 10.6 Å². The van der Waals surface area contributed by atoms with Gasteiger partial charge in [0.25, 0.3) is 16.0 Å². The van der Waals surface area contributed by atoms with Crippen molar-refractivity contribution in [2.75, 3.05) is 39.0 Å². The van der Waals surface area contributed by atoms with Gasteiger partial charge in [-0.15, -0.1) is 0 Å². The molecule has 192 valence electrons. The third kappa shape index (κ3) is 9.57. The molecule has 1 aromatic rings. The van der Waals surface area contributed by atoms with Crippen molar-refractivity contribution >= 4 is 45.1 Å². The Balaban J connectivity index is 0.000000340. The Bertz CT molecular complexity index is 973. The number of hydrogen-bond acceptors (Lipinski definition) is 6. The van der Waals surface area contributed by atoms with Gasteiger partial charge >= 0.3 is 6.18 Å². The van der Waals surface area contributed by atoms with Gasteiger partial charge in [-0.25, -0.2) is 0 Å². The van der Waals surface area contributed by atoms with E-state index in [0.717, 1.165) is 12.8 Å². The third-order valence-corrected chi connectivity index (χ3v) is 6.51. The molecule has 3 rings (SSSR count). The smallest absolute Gasteiger partial charge is 0.343 e. The number of nitrogens with zero attached hydrogens (tertiary/aromatic N) is 1. The summed E-state index contributed by atoms with van der Waals surface area (Å²) in [6.07, 6.45) is -2.21. The first-order valence-electron chi connectivity index (χ1n) is 10.4. The molecule has 2 heterocycles.